The van der Waals surface area contributed by atoms with Gasteiger partial charge in [0.15, 0.2) is 6.61 Å². The molecule has 0 aliphatic carbocycles. The van der Waals surface area contributed by atoms with Crippen molar-refractivity contribution in [3.05, 3.63) is 40.2 Å². The lowest BCUT2D eigenvalue weighted by molar-refractivity contribution is -0.142. The number of amides is 1. The van der Waals surface area contributed by atoms with Gasteiger partial charge in [-0.3, -0.25) is 4.79 Å². The highest BCUT2D eigenvalue weighted by atomic mass is 16.5. The highest BCUT2D eigenvalue weighted by Gasteiger charge is 2.21. The first-order valence-electron chi connectivity index (χ1n) is 9.02. The number of hydrogen-bond donors (Lipinski definition) is 2. The van der Waals surface area contributed by atoms with E-state index in [4.69, 9.17) is 9.15 Å². The van der Waals surface area contributed by atoms with Crippen LogP contribution in [0.1, 0.15) is 39.2 Å². The fraction of sp³-hybridized carbons (Fsp3) is 0.450. The molecule has 0 bridgehead atoms. The number of carboxylic acid groups (broad SMARTS) is 1. The van der Waals surface area contributed by atoms with E-state index in [0.717, 1.165) is 23.8 Å². The molecule has 2 rings (SSSR count). The fourth-order valence-electron chi connectivity index (χ4n) is 2.85. The van der Waals surface area contributed by atoms with E-state index in [1.54, 1.807) is 18.2 Å². The van der Waals surface area contributed by atoms with Crippen LogP contribution < -0.4 is 15.7 Å². The molecule has 0 fully saturated rings. The number of rotatable bonds is 9. The molecule has 1 aromatic carbocycles. The quantitative estimate of drug-likeness (QED) is 0.653. The first-order chi connectivity index (χ1) is 12.8. The van der Waals surface area contributed by atoms with E-state index in [2.05, 4.69) is 5.32 Å². The van der Waals surface area contributed by atoms with Crippen molar-refractivity contribution in [1.29, 1.82) is 0 Å². The van der Waals surface area contributed by atoms with Crippen molar-refractivity contribution in [3.8, 4) is 5.75 Å². The van der Waals surface area contributed by atoms with Crippen molar-refractivity contribution >= 4 is 22.8 Å². The molecule has 1 heterocycles. The van der Waals surface area contributed by atoms with Gasteiger partial charge in [-0.2, -0.15) is 0 Å². The molecule has 1 amide bonds. The normalized spacial score (nSPS) is 12.1. The van der Waals surface area contributed by atoms with Gasteiger partial charge in [0, 0.05) is 17.5 Å². The summed E-state index contributed by atoms with van der Waals surface area (Å²) in [6.07, 6.45) is 2.00. The van der Waals surface area contributed by atoms with Crippen LogP contribution in [0.5, 0.6) is 5.75 Å². The summed E-state index contributed by atoms with van der Waals surface area (Å²) in [5.74, 6) is -1.10. The summed E-state index contributed by atoms with van der Waals surface area (Å²) < 4.78 is 10.7. The number of hydrogen-bond acceptors (Lipinski definition) is 5. The first kappa shape index (κ1) is 20.5. The average molecular weight is 375 g/mol. The molecular formula is C20H25NO6. The zero-order valence-corrected chi connectivity index (χ0v) is 15.8. The second-order valence-electron chi connectivity index (χ2n) is 6.88. The predicted molar refractivity (Wildman–Crippen MR) is 101 cm³/mol. The Bertz CT molecular complexity index is 870. The maximum Gasteiger partial charge on any atom is 0.336 e. The van der Waals surface area contributed by atoms with E-state index in [1.165, 1.54) is 6.07 Å². The molecule has 0 spiro atoms. The Hall–Kier alpha value is -2.83. The summed E-state index contributed by atoms with van der Waals surface area (Å²) in [5.41, 5.74) is 0.872. The van der Waals surface area contributed by atoms with Crippen LogP contribution in [-0.2, 0) is 16.0 Å². The molecule has 0 saturated carbocycles. The first-order valence-corrected chi connectivity index (χ1v) is 9.02. The Kier molecular flexibility index (Phi) is 6.98. The van der Waals surface area contributed by atoms with Crippen molar-refractivity contribution in [1.82, 2.24) is 5.32 Å². The maximum absolute atomic E-state index is 12.0. The Labute approximate surface area is 157 Å². The second kappa shape index (κ2) is 9.21. The minimum atomic E-state index is -1.08. The molecule has 0 aliphatic heterocycles. The fourth-order valence-corrected chi connectivity index (χ4v) is 2.85. The highest BCUT2D eigenvalue weighted by molar-refractivity contribution is 5.85. The maximum atomic E-state index is 12.0. The number of aliphatic carboxylic acids is 1. The topological polar surface area (TPSA) is 106 Å². The number of fused-ring (bicyclic) bond motifs is 1. The largest absolute Gasteiger partial charge is 0.484 e. The molecule has 1 unspecified atom stereocenters. The zero-order chi connectivity index (χ0) is 20.0. The van der Waals surface area contributed by atoms with Gasteiger partial charge in [0.05, 0.1) is 0 Å². The third-order valence-corrected chi connectivity index (χ3v) is 4.03. The van der Waals surface area contributed by atoms with Crippen molar-refractivity contribution in [2.75, 3.05) is 6.61 Å². The third kappa shape index (κ3) is 5.84. The van der Waals surface area contributed by atoms with Crippen LogP contribution in [0, 0.1) is 5.92 Å². The van der Waals surface area contributed by atoms with Crippen LogP contribution in [-0.4, -0.2) is 29.6 Å². The molecule has 27 heavy (non-hydrogen) atoms. The Balaban J connectivity index is 2.07. The van der Waals surface area contributed by atoms with Crippen molar-refractivity contribution < 1.29 is 23.8 Å². The van der Waals surface area contributed by atoms with Gasteiger partial charge in [-0.1, -0.05) is 27.2 Å². The summed E-state index contributed by atoms with van der Waals surface area (Å²) >= 11 is 0. The minimum absolute atomic E-state index is 0.132. The Morgan fingerprint density at radius 2 is 2.00 bits per heavy atom. The molecule has 2 N–H and O–H groups in total. The predicted octanol–water partition coefficient (Wildman–Crippen LogP) is 2.74. The van der Waals surface area contributed by atoms with E-state index in [0.29, 0.717) is 17.8 Å². The Morgan fingerprint density at radius 1 is 1.26 bits per heavy atom. The summed E-state index contributed by atoms with van der Waals surface area (Å²) in [4.78, 5) is 34.9. The van der Waals surface area contributed by atoms with Gasteiger partial charge in [-0.15, -0.1) is 0 Å². The molecular weight excluding hydrogens is 350 g/mol. The second-order valence-corrected chi connectivity index (χ2v) is 6.88. The molecule has 0 aliphatic rings. The van der Waals surface area contributed by atoms with E-state index in [1.807, 2.05) is 20.8 Å². The summed E-state index contributed by atoms with van der Waals surface area (Å²) in [6, 6.07) is 5.58. The van der Waals surface area contributed by atoms with Gasteiger partial charge in [0.2, 0.25) is 0 Å². The Morgan fingerprint density at radius 3 is 2.63 bits per heavy atom. The monoisotopic (exact) mass is 375 g/mol. The molecule has 2 aromatic rings. The van der Waals surface area contributed by atoms with Gasteiger partial charge >= 0.3 is 11.6 Å². The van der Waals surface area contributed by atoms with Crippen LogP contribution in [0.3, 0.4) is 0 Å². The SMILES string of the molecule is CCCc1cc(=O)oc2cc(OCC(=O)NC(CC(C)C)C(=O)O)ccc12. The molecule has 7 heteroatoms. The molecule has 0 saturated heterocycles. The average Bonchev–Trinajstić information content (AvgIpc) is 2.58. The molecule has 0 radical (unpaired) electrons. The number of carbonyl (C=O) groups excluding carboxylic acids is 1. The van der Waals surface area contributed by atoms with E-state index < -0.39 is 23.5 Å². The van der Waals surface area contributed by atoms with Crippen molar-refractivity contribution in [2.45, 2.75) is 46.1 Å². The summed E-state index contributed by atoms with van der Waals surface area (Å²) in [6.45, 7) is 5.47. The van der Waals surface area contributed by atoms with Gasteiger partial charge < -0.3 is 19.6 Å². The van der Waals surface area contributed by atoms with Crippen LogP contribution in [0.25, 0.3) is 11.0 Å². The third-order valence-electron chi connectivity index (χ3n) is 4.03. The number of aryl methyl sites for hydroxylation is 1. The number of carbonyl (C=O) groups is 2. The summed E-state index contributed by atoms with van der Waals surface area (Å²) in [7, 11) is 0. The van der Waals surface area contributed by atoms with Gasteiger partial charge in [0.1, 0.15) is 17.4 Å². The lowest BCUT2D eigenvalue weighted by Crippen LogP contribution is -2.43. The smallest absolute Gasteiger partial charge is 0.336 e. The lowest BCUT2D eigenvalue weighted by Gasteiger charge is -2.16. The molecule has 1 atom stereocenters. The molecule has 1 aromatic heterocycles. The van der Waals surface area contributed by atoms with Crippen molar-refractivity contribution in [3.63, 3.8) is 0 Å². The van der Waals surface area contributed by atoms with Crippen LogP contribution in [0.2, 0.25) is 0 Å². The van der Waals surface area contributed by atoms with E-state index in [9.17, 15) is 19.5 Å². The number of ether oxygens (including phenoxy) is 1. The van der Waals surface area contributed by atoms with Gasteiger partial charge in [-0.25, -0.2) is 9.59 Å². The summed E-state index contributed by atoms with van der Waals surface area (Å²) in [5, 5.41) is 12.5. The van der Waals surface area contributed by atoms with Gasteiger partial charge in [-0.05, 0) is 36.5 Å². The van der Waals surface area contributed by atoms with Gasteiger partial charge in [0.25, 0.3) is 5.91 Å². The van der Waals surface area contributed by atoms with E-state index >= 15 is 0 Å². The minimum Gasteiger partial charge on any atom is -0.484 e. The highest BCUT2D eigenvalue weighted by Crippen LogP contribution is 2.23. The van der Waals surface area contributed by atoms with Crippen LogP contribution in [0.15, 0.2) is 33.5 Å². The molecule has 7 nitrogen and oxygen atoms in total. The number of nitrogens with one attached hydrogen (secondary N) is 1. The standard InChI is InChI=1S/C20H25NO6/c1-4-5-13-9-19(23)27-17-10-14(6-7-15(13)17)26-11-18(22)21-16(20(24)25)8-12(2)3/h6-7,9-10,12,16H,4-5,8,11H2,1-3H3,(H,21,22)(H,24,25). The number of carboxylic acids is 1. The molecule has 146 valence electrons. The number of benzene rings is 1. The lowest BCUT2D eigenvalue weighted by atomic mass is 10.0. The zero-order valence-electron chi connectivity index (χ0n) is 15.8. The van der Waals surface area contributed by atoms with Crippen LogP contribution in [0.4, 0.5) is 0 Å². The van der Waals surface area contributed by atoms with Crippen LogP contribution >= 0.6 is 0 Å². The van der Waals surface area contributed by atoms with E-state index in [-0.39, 0.29) is 12.5 Å². The van der Waals surface area contributed by atoms with Crippen molar-refractivity contribution in [2.24, 2.45) is 5.92 Å².